The zero-order valence-corrected chi connectivity index (χ0v) is 10.2. The van der Waals surface area contributed by atoms with Gasteiger partial charge in [0, 0.05) is 20.0 Å². The molecule has 1 aliphatic heterocycles. The maximum absolute atomic E-state index is 11.5. The summed E-state index contributed by atoms with van der Waals surface area (Å²) in [5.74, 6) is 0.0876. The minimum absolute atomic E-state index is 0.0501. The number of likely N-dealkylation sites (N-methyl/N-ethyl adjacent to an activating group) is 1. The van der Waals surface area contributed by atoms with Crippen molar-refractivity contribution in [3.05, 3.63) is 0 Å². The van der Waals surface area contributed by atoms with Crippen LogP contribution in [0, 0.1) is 5.41 Å². The number of carbonyl (C=O) groups is 2. The molecule has 2 amide bonds. The van der Waals surface area contributed by atoms with Crippen molar-refractivity contribution in [1.29, 1.82) is 5.41 Å². The Kier molecular flexibility index (Phi) is 4.89. The highest BCUT2D eigenvalue weighted by Gasteiger charge is 2.29. The molecule has 7 nitrogen and oxygen atoms in total. The van der Waals surface area contributed by atoms with E-state index in [1.807, 2.05) is 0 Å². The molecule has 1 fully saturated rings. The Morgan fingerprint density at radius 2 is 2.24 bits per heavy atom. The Balaban J connectivity index is 2.25. The van der Waals surface area contributed by atoms with Crippen molar-refractivity contribution in [2.75, 3.05) is 33.9 Å². The summed E-state index contributed by atoms with van der Waals surface area (Å²) in [6, 6.07) is 0. The Morgan fingerprint density at radius 1 is 1.53 bits per heavy atom. The third-order valence-electron chi connectivity index (χ3n) is 2.54. The van der Waals surface area contributed by atoms with E-state index in [9.17, 15) is 9.59 Å². The van der Waals surface area contributed by atoms with Gasteiger partial charge in [0.1, 0.15) is 0 Å². The fourth-order valence-electron chi connectivity index (χ4n) is 1.59. The second kappa shape index (κ2) is 6.19. The van der Waals surface area contributed by atoms with Crippen molar-refractivity contribution in [3.8, 4) is 0 Å². The Morgan fingerprint density at radius 3 is 2.76 bits per heavy atom. The van der Waals surface area contributed by atoms with Gasteiger partial charge in [-0.05, 0) is 13.5 Å². The van der Waals surface area contributed by atoms with Gasteiger partial charge in [0.25, 0.3) is 0 Å². The van der Waals surface area contributed by atoms with Crippen LogP contribution in [0.2, 0.25) is 0 Å². The summed E-state index contributed by atoms with van der Waals surface area (Å²) >= 11 is 0. The molecule has 3 N–H and O–H groups in total. The van der Waals surface area contributed by atoms with Crippen LogP contribution in [0.3, 0.4) is 0 Å². The minimum atomic E-state index is -0.0758. The topological polar surface area (TPSA) is 88.5 Å². The smallest absolute Gasteiger partial charge is 0.248 e. The average Bonchev–Trinajstić information content (AvgIpc) is 2.53. The van der Waals surface area contributed by atoms with E-state index in [0.717, 1.165) is 0 Å². The second-order valence-electron chi connectivity index (χ2n) is 3.96. The van der Waals surface area contributed by atoms with Crippen molar-refractivity contribution >= 4 is 17.8 Å². The summed E-state index contributed by atoms with van der Waals surface area (Å²) in [7, 11) is 3.46. The van der Waals surface area contributed by atoms with Gasteiger partial charge >= 0.3 is 0 Å². The molecule has 1 heterocycles. The number of rotatable bonds is 6. The summed E-state index contributed by atoms with van der Waals surface area (Å²) in [5, 5.41) is 13.1. The van der Waals surface area contributed by atoms with Crippen LogP contribution in [0.1, 0.15) is 12.8 Å². The number of guanidine groups is 1. The van der Waals surface area contributed by atoms with Crippen LogP contribution in [-0.2, 0) is 9.59 Å². The highest BCUT2D eigenvalue weighted by atomic mass is 16.2. The number of nitrogens with one attached hydrogen (secondary N) is 3. The average molecular weight is 241 g/mol. The maximum atomic E-state index is 11.5. The molecule has 0 atom stereocenters. The monoisotopic (exact) mass is 241 g/mol. The lowest BCUT2D eigenvalue weighted by atomic mass is 10.3. The summed E-state index contributed by atoms with van der Waals surface area (Å²) in [5.41, 5.74) is 0. The maximum Gasteiger partial charge on any atom is 0.248 e. The van der Waals surface area contributed by atoms with Gasteiger partial charge in [-0.1, -0.05) is 0 Å². The van der Waals surface area contributed by atoms with Gasteiger partial charge in [-0.3, -0.25) is 19.9 Å². The molecule has 17 heavy (non-hydrogen) atoms. The van der Waals surface area contributed by atoms with Crippen LogP contribution in [0.5, 0.6) is 0 Å². The largest absolute Gasteiger partial charge is 0.344 e. The van der Waals surface area contributed by atoms with Gasteiger partial charge in [0.15, 0.2) is 0 Å². The Labute approximate surface area is 101 Å². The van der Waals surface area contributed by atoms with E-state index in [0.29, 0.717) is 26.1 Å². The van der Waals surface area contributed by atoms with Gasteiger partial charge < -0.3 is 15.5 Å². The van der Waals surface area contributed by atoms with Crippen molar-refractivity contribution in [2.24, 2.45) is 0 Å². The van der Waals surface area contributed by atoms with E-state index in [-0.39, 0.29) is 24.3 Å². The summed E-state index contributed by atoms with van der Waals surface area (Å²) in [4.78, 5) is 25.8. The van der Waals surface area contributed by atoms with Gasteiger partial charge in [-0.25, -0.2) is 0 Å². The van der Waals surface area contributed by atoms with Crippen LogP contribution < -0.4 is 10.6 Å². The zero-order chi connectivity index (χ0) is 12.8. The van der Waals surface area contributed by atoms with Crippen molar-refractivity contribution in [3.63, 3.8) is 0 Å². The van der Waals surface area contributed by atoms with Crippen LogP contribution in [0.15, 0.2) is 0 Å². The molecule has 0 bridgehead atoms. The number of hydrogen-bond donors (Lipinski definition) is 3. The summed E-state index contributed by atoms with van der Waals surface area (Å²) in [6.07, 6.45) is 0.931. The first-order valence-electron chi connectivity index (χ1n) is 5.57. The molecule has 0 spiro atoms. The van der Waals surface area contributed by atoms with E-state index < -0.39 is 0 Å². The van der Waals surface area contributed by atoms with E-state index in [2.05, 4.69) is 10.6 Å². The first-order valence-corrected chi connectivity index (χ1v) is 5.57. The van der Waals surface area contributed by atoms with Crippen LogP contribution in [-0.4, -0.2) is 61.4 Å². The van der Waals surface area contributed by atoms with E-state index >= 15 is 0 Å². The SMILES string of the molecule is CNCNC(=O)CCCN1C(=N)N(C)CC1=O. The molecule has 0 aromatic heterocycles. The first kappa shape index (κ1) is 13.4. The summed E-state index contributed by atoms with van der Waals surface area (Å²) < 4.78 is 0. The third kappa shape index (κ3) is 3.70. The summed E-state index contributed by atoms with van der Waals surface area (Å²) in [6.45, 7) is 1.12. The molecule has 0 aromatic rings. The number of hydrogen-bond acceptors (Lipinski definition) is 4. The number of carbonyl (C=O) groups excluding carboxylic acids is 2. The third-order valence-corrected chi connectivity index (χ3v) is 2.54. The molecule has 7 heteroatoms. The lowest BCUT2D eigenvalue weighted by Gasteiger charge is -2.16. The lowest BCUT2D eigenvalue weighted by molar-refractivity contribution is -0.126. The lowest BCUT2D eigenvalue weighted by Crippen LogP contribution is -2.35. The normalized spacial score (nSPS) is 15.6. The van der Waals surface area contributed by atoms with Crippen LogP contribution in [0.25, 0.3) is 0 Å². The number of amides is 2. The predicted molar refractivity (Wildman–Crippen MR) is 63.4 cm³/mol. The molecule has 0 saturated carbocycles. The Bertz CT molecular complexity index is 318. The Hall–Kier alpha value is -1.63. The van der Waals surface area contributed by atoms with Gasteiger partial charge in [0.05, 0.1) is 13.2 Å². The quantitative estimate of drug-likeness (QED) is 0.508. The highest BCUT2D eigenvalue weighted by Crippen LogP contribution is 2.07. The highest BCUT2D eigenvalue weighted by molar-refractivity contribution is 6.02. The minimum Gasteiger partial charge on any atom is -0.344 e. The fraction of sp³-hybridized carbons (Fsp3) is 0.700. The molecule has 1 rings (SSSR count). The van der Waals surface area contributed by atoms with E-state index in [1.54, 1.807) is 19.0 Å². The predicted octanol–water partition coefficient (Wildman–Crippen LogP) is -1.23. The van der Waals surface area contributed by atoms with Crippen molar-refractivity contribution in [1.82, 2.24) is 20.4 Å². The van der Waals surface area contributed by atoms with Gasteiger partial charge in [-0.2, -0.15) is 0 Å². The molecule has 0 unspecified atom stereocenters. The van der Waals surface area contributed by atoms with Gasteiger partial charge in [-0.15, -0.1) is 0 Å². The van der Waals surface area contributed by atoms with Crippen molar-refractivity contribution < 1.29 is 9.59 Å². The molecule has 0 radical (unpaired) electrons. The standard InChI is InChI=1S/C10H19N5O2/c1-12-7-13-8(16)4-3-5-15-9(17)6-14(2)10(15)11/h11-12H,3-7H2,1-2H3,(H,13,16). The van der Waals surface area contributed by atoms with Crippen molar-refractivity contribution in [2.45, 2.75) is 12.8 Å². The number of nitrogens with zero attached hydrogens (tertiary/aromatic N) is 2. The molecule has 0 aromatic carbocycles. The molecule has 1 saturated heterocycles. The molecule has 96 valence electrons. The first-order chi connectivity index (χ1) is 8.06. The van der Waals surface area contributed by atoms with Gasteiger partial charge in [0.2, 0.25) is 17.8 Å². The van der Waals surface area contributed by atoms with E-state index in [4.69, 9.17) is 5.41 Å². The fourth-order valence-corrected chi connectivity index (χ4v) is 1.59. The zero-order valence-electron chi connectivity index (χ0n) is 10.2. The molecular formula is C10H19N5O2. The van der Waals surface area contributed by atoms with E-state index in [1.165, 1.54) is 4.90 Å². The molecular weight excluding hydrogens is 222 g/mol. The van der Waals surface area contributed by atoms with Crippen LogP contribution in [0.4, 0.5) is 0 Å². The molecule has 0 aliphatic carbocycles. The molecule has 1 aliphatic rings. The van der Waals surface area contributed by atoms with Crippen LogP contribution >= 0.6 is 0 Å². The second-order valence-corrected chi connectivity index (χ2v) is 3.96.